The molecule has 0 saturated heterocycles. The van der Waals surface area contributed by atoms with E-state index in [4.69, 9.17) is 0 Å². The number of fused-ring (bicyclic) bond motifs is 1. The molecule has 0 aliphatic carbocycles. The molecule has 2 N–H and O–H groups in total. The minimum atomic E-state index is 0.0878. The van der Waals surface area contributed by atoms with Crippen LogP contribution < -0.4 is 0 Å². The third-order valence-electron chi connectivity index (χ3n) is 2.57. The van der Waals surface area contributed by atoms with E-state index in [-0.39, 0.29) is 26.0 Å². The summed E-state index contributed by atoms with van der Waals surface area (Å²) in [5.74, 6) is 0.499. The van der Waals surface area contributed by atoms with Gasteiger partial charge in [-0.2, -0.15) is 0 Å². The van der Waals surface area contributed by atoms with Crippen molar-refractivity contribution in [2.75, 3.05) is 0 Å². The molecule has 0 atom stereocenters. The molecule has 5 heteroatoms. The van der Waals surface area contributed by atoms with Crippen molar-refractivity contribution in [3.8, 4) is 21.6 Å². The van der Waals surface area contributed by atoms with E-state index in [1.165, 1.54) is 0 Å². The Balaban J connectivity index is 2.16. The van der Waals surface area contributed by atoms with Crippen LogP contribution in [0, 0.1) is 0 Å². The summed E-state index contributed by atoms with van der Waals surface area (Å²) in [7, 11) is 0. The van der Waals surface area contributed by atoms with Gasteiger partial charge in [-0.05, 0) is 0 Å². The van der Waals surface area contributed by atoms with Crippen LogP contribution in [0.4, 0.5) is 0 Å². The Hall–Kier alpha value is -1.29. The first-order chi connectivity index (χ1) is 8.63. The first-order valence-electron chi connectivity index (χ1n) is 5.22. The molecule has 0 spiro atoms. The Kier molecular flexibility index (Phi) is 2.90. The summed E-state index contributed by atoms with van der Waals surface area (Å²) in [5.41, 5.74) is 1.92. The molecule has 0 bridgehead atoms. The summed E-state index contributed by atoms with van der Waals surface area (Å²) in [6.07, 6.45) is 0. The van der Waals surface area contributed by atoms with Crippen LogP contribution in [-0.4, -0.2) is 29.7 Å². The van der Waals surface area contributed by atoms with Gasteiger partial charge in [0.25, 0.3) is 0 Å². The van der Waals surface area contributed by atoms with Crippen LogP contribution in [-0.2, 0) is 0 Å². The fraction of sp³-hybridized carbons (Fsp3) is 0. The third kappa shape index (κ3) is 2.05. The summed E-state index contributed by atoms with van der Waals surface area (Å²) in [5, 5.41) is 18.9. The number of phenols is 2. The van der Waals surface area contributed by atoms with E-state index in [0.29, 0.717) is 4.47 Å². The molecule has 1 aromatic heterocycles. The molecule has 0 radical (unpaired) electrons. The molecule has 0 saturated carbocycles. The van der Waals surface area contributed by atoms with Crippen LogP contribution in [0.25, 0.3) is 19.9 Å². The number of hydrogen-bond donors (Lipinski definition) is 2. The number of nitrogens with zero attached hydrogens (tertiary/aromatic N) is 1. The van der Waals surface area contributed by atoms with Gasteiger partial charge in [-0.25, -0.2) is 0 Å². The number of phenolic OH excluding ortho intramolecular Hbond substituents is 2. The van der Waals surface area contributed by atoms with Crippen LogP contribution in [0.15, 0.2) is 40.9 Å². The maximum atomic E-state index is 9.48. The molecule has 0 aliphatic rings. The van der Waals surface area contributed by atoms with Crippen molar-refractivity contribution in [3.63, 3.8) is 0 Å². The first-order valence-corrected chi connectivity index (χ1v) is 7.72. The zero-order valence-corrected chi connectivity index (χ0v) is 12.4. The van der Waals surface area contributed by atoms with Gasteiger partial charge < -0.3 is 0 Å². The minimum absolute atomic E-state index is 0.0878. The Bertz CT molecular complexity index is 739. The van der Waals surface area contributed by atoms with Crippen LogP contribution in [0.1, 0.15) is 0 Å². The fourth-order valence-corrected chi connectivity index (χ4v) is 4.14. The zero-order chi connectivity index (χ0) is 12.7. The van der Waals surface area contributed by atoms with Crippen molar-refractivity contribution in [1.82, 2.24) is 4.98 Å². The monoisotopic (exact) mass is 369 g/mol. The van der Waals surface area contributed by atoms with Crippen molar-refractivity contribution in [2.24, 2.45) is 0 Å². The summed E-state index contributed by atoms with van der Waals surface area (Å²) in [6.45, 7) is 0. The zero-order valence-electron chi connectivity index (χ0n) is 9.09. The standard InChI is InChI=1S/C13H8BrNO2Se/c14-9-5-7(1-4-11(9)17)13-15-10-3-2-8(16)6-12(10)18-13/h1-6,16-17H. The Morgan fingerprint density at radius 1 is 1.06 bits per heavy atom. The van der Waals surface area contributed by atoms with E-state index in [9.17, 15) is 10.2 Å². The quantitative estimate of drug-likeness (QED) is 0.649. The molecule has 3 nitrogen and oxygen atoms in total. The molecule has 0 fully saturated rings. The van der Waals surface area contributed by atoms with E-state index >= 15 is 0 Å². The normalized spacial score (nSPS) is 10.9. The number of benzene rings is 2. The topological polar surface area (TPSA) is 53.4 Å². The van der Waals surface area contributed by atoms with Crippen molar-refractivity contribution in [2.45, 2.75) is 0 Å². The molecule has 90 valence electrons. The second-order valence-electron chi connectivity index (χ2n) is 3.84. The van der Waals surface area contributed by atoms with Gasteiger partial charge in [0.05, 0.1) is 0 Å². The van der Waals surface area contributed by atoms with Gasteiger partial charge in [-0.15, -0.1) is 0 Å². The average Bonchev–Trinajstić information content (AvgIpc) is 2.75. The predicted octanol–water partition coefficient (Wildman–Crippen LogP) is 3.13. The van der Waals surface area contributed by atoms with Gasteiger partial charge in [0, 0.05) is 0 Å². The van der Waals surface area contributed by atoms with Gasteiger partial charge >= 0.3 is 118 Å². The molecular weight excluding hydrogens is 361 g/mol. The Labute approximate surface area is 118 Å². The Morgan fingerprint density at radius 2 is 1.89 bits per heavy atom. The van der Waals surface area contributed by atoms with Gasteiger partial charge in [-0.1, -0.05) is 0 Å². The van der Waals surface area contributed by atoms with E-state index in [2.05, 4.69) is 20.9 Å². The van der Waals surface area contributed by atoms with E-state index in [1.807, 2.05) is 18.2 Å². The maximum absolute atomic E-state index is 9.48. The van der Waals surface area contributed by atoms with Crippen molar-refractivity contribution >= 4 is 40.2 Å². The summed E-state index contributed by atoms with van der Waals surface area (Å²) >= 11 is 3.39. The van der Waals surface area contributed by atoms with Crippen LogP contribution in [0.2, 0.25) is 0 Å². The van der Waals surface area contributed by atoms with E-state index < -0.39 is 0 Å². The van der Waals surface area contributed by atoms with Crippen molar-refractivity contribution < 1.29 is 10.2 Å². The molecule has 3 rings (SSSR count). The third-order valence-corrected chi connectivity index (χ3v) is 5.44. The number of aromatic nitrogens is 1. The molecular formula is C13H8BrNO2Se. The SMILES string of the molecule is Oc1ccc2nc(-c3ccc(O)c(Br)c3)[se]c2c1. The number of hydrogen-bond acceptors (Lipinski definition) is 3. The number of aromatic hydroxyl groups is 2. The van der Waals surface area contributed by atoms with Crippen molar-refractivity contribution in [3.05, 3.63) is 40.9 Å². The molecule has 3 aromatic rings. The Morgan fingerprint density at radius 3 is 2.67 bits per heavy atom. The predicted molar refractivity (Wildman–Crippen MR) is 75.1 cm³/mol. The number of halogens is 1. The molecule has 1 heterocycles. The molecule has 0 unspecified atom stereocenters. The average molecular weight is 369 g/mol. The van der Waals surface area contributed by atoms with Crippen molar-refractivity contribution in [1.29, 1.82) is 0 Å². The molecule has 18 heavy (non-hydrogen) atoms. The number of rotatable bonds is 1. The van der Waals surface area contributed by atoms with Gasteiger partial charge in [0.1, 0.15) is 0 Å². The second-order valence-corrected chi connectivity index (χ2v) is 6.85. The summed E-state index contributed by atoms with van der Waals surface area (Å²) in [4.78, 5) is 4.56. The molecule has 2 aromatic carbocycles. The summed E-state index contributed by atoms with van der Waals surface area (Å²) in [6, 6.07) is 10.6. The van der Waals surface area contributed by atoms with Crippen LogP contribution >= 0.6 is 15.9 Å². The molecule has 0 amide bonds. The van der Waals surface area contributed by atoms with E-state index in [0.717, 1.165) is 19.9 Å². The van der Waals surface area contributed by atoms with Crippen LogP contribution in [0.3, 0.4) is 0 Å². The fourth-order valence-electron chi connectivity index (χ4n) is 1.68. The van der Waals surface area contributed by atoms with Gasteiger partial charge in [-0.3, -0.25) is 0 Å². The van der Waals surface area contributed by atoms with Gasteiger partial charge in [0.2, 0.25) is 0 Å². The second kappa shape index (κ2) is 4.43. The molecule has 0 aliphatic heterocycles. The summed E-state index contributed by atoms with van der Waals surface area (Å²) < 4.78 is 2.75. The van der Waals surface area contributed by atoms with Crippen LogP contribution in [0.5, 0.6) is 11.5 Å². The van der Waals surface area contributed by atoms with E-state index in [1.54, 1.807) is 18.2 Å². The first kappa shape index (κ1) is 11.8. The van der Waals surface area contributed by atoms with Gasteiger partial charge in [0.15, 0.2) is 0 Å².